The fraction of sp³-hybridized carbons (Fsp3) is 0.100. The van der Waals surface area contributed by atoms with Gasteiger partial charge in [-0.1, -0.05) is 0 Å². The van der Waals surface area contributed by atoms with Crippen molar-refractivity contribution in [3.8, 4) is 11.9 Å². The van der Waals surface area contributed by atoms with Crippen molar-refractivity contribution in [3.05, 3.63) is 28.4 Å². The van der Waals surface area contributed by atoms with E-state index in [4.69, 9.17) is 10.00 Å². The molecule has 0 unspecified atom stereocenters. The topological polar surface area (TPSA) is 58.8 Å². The number of fused-ring (bicyclic) bond motifs is 1. The van der Waals surface area contributed by atoms with Gasteiger partial charge in [0.25, 0.3) is 0 Å². The molecule has 0 aliphatic carbocycles. The SMILES string of the molecule is COc1cnc2c(C#N)c(Br)ccc2n1. The molecule has 0 saturated heterocycles. The van der Waals surface area contributed by atoms with Crippen LogP contribution in [0.15, 0.2) is 22.8 Å². The number of halogens is 1. The van der Waals surface area contributed by atoms with Gasteiger partial charge in [0.1, 0.15) is 11.6 Å². The highest BCUT2D eigenvalue weighted by Crippen LogP contribution is 2.24. The molecular formula is C10H6BrN3O. The van der Waals surface area contributed by atoms with Crippen molar-refractivity contribution in [1.82, 2.24) is 9.97 Å². The van der Waals surface area contributed by atoms with Gasteiger partial charge in [0, 0.05) is 4.47 Å². The third kappa shape index (κ3) is 1.64. The van der Waals surface area contributed by atoms with E-state index in [1.807, 2.05) is 0 Å². The molecule has 1 heterocycles. The molecule has 2 aromatic rings. The smallest absolute Gasteiger partial charge is 0.232 e. The number of hydrogen-bond acceptors (Lipinski definition) is 4. The Labute approximate surface area is 94.7 Å². The number of methoxy groups -OCH3 is 1. The molecular weight excluding hydrogens is 258 g/mol. The van der Waals surface area contributed by atoms with Gasteiger partial charge in [0.05, 0.1) is 24.4 Å². The molecule has 0 atom stereocenters. The second-order valence-corrected chi connectivity index (χ2v) is 3.67. The number of nitriles is 1. The lowest BCUT2D eigenvalue weighted by Crippen LogP contribution is -1.92. The lowest BCUT2D eigenvalue weighted by molar-refractivity contribution is 0.397. The molecule has 1 aromatic heterocycles. The zero-order valence-corrected chi connectivity index (χ0v) is 9.45. The standard InChI is InChI=1S/C10H6BrN3O/c1-15-9-5-13-10-6(4-12)7(11)2-3-8(10)14-9/h2-3,5H,1H3. The van der Waals surface area contributed by atoms with Gasteiger partial charge in [0.15, 0.2) is 0 Å². The first-order valence-corrected chi connectivity index (χ1v) is 4.95. The largest absolute Gasteiger partial charge is 0.480 e. The van der Waals surface area contributed by atoms with Gasteiger partial charge in [-0.05, 0) is 28.1 Å². The molecule has 5 heteroatoms. The first-order chi connectivity index (χ1) is 7.26. The van der Waals surface area contributed by atoms with Gasteiger partial charge < -0.3 is 4.74 Å². The van der Waals surface area contributed by atoms with E-state index in [2.05, 4.69) is 32.0 Å². The second-order valence-electron chi connectivity index (χ2n) is 2.81. The van der Waals surface area contributed by atoms with Gasteiger partial charge >= 0.3 is 0 Å². The molecule has 1 aromatic carbocycles. The van der Waals surface area contributed by atoms with E-state index >= 15 is 0 Å². The van der Waals surface area contributed by atoms with Crippen LogP contribution in [-0.2, 0) is 0 Å². The average molecular weight is 264 g/mol. The summed E-state index contributed by atoms with van der Waals surface area (Å²) < 4.78 is 5.68. The Morgan fingerprint density at radius 3 is 2.93 bits per heavy atom. The molecule has 0 N–H and O–H groups in total. The summed E-state index contributed by atoms with van der Waals surface area (Å²) in [5, 5.41) is 8.96. The first kappa shape index (κ1) is 9.87. The lowest BCUT2D eigenvalue weighted by atomic mass is 10.2. The van der Waals surface area contributed by atoms with E-state index in [0.29, 0.717) is 22.5 Å². The maximum absolute atomic E-state index is 8.96. The van der Waals surface area contributed by atoms with Gasteiger partial charge in [-0.15, -0.1) is 0 Å². The molecule has 4 nitrogen and oxygen atoms in total. The maximum atomic E-state index is 8.96. The number of hydrogen-bond donors (Lipinski definition) is 0. The van der Waals surface area contributed by atoms with E-state index < -0.39 is 0 Å². The van der Waals surface area contributed by atoms with Crippen LogP contribution in [0.25, 0.3) is 11.0 Å². The normalized spacial score (nSPS) is 9.93. The van der Waals surface area contributed by atoms with Crippen LogP contribution in [0.1, 0.15) is 5.56 Å². The summed E-state index contributed by atoms with van der Waals surface area (Å²) in [6.07, 6.45) is 1.50. The molecule has 74 valence electrons. The Hall–Kier alpha value is -1.67. The molecule has 0 spiro atoms. The summed E-state index contributed by atoms with van der Waals surface area (Å²) in [4.78, 5) is 8.33. The van der Waals surface area contributed by atoms with E-state index in [1.165, 1.54) is 13.3 Å². The minimum atomic E-state index is 0.439. The predicted octanol–water partition coefficient (Wildman–Crippen LogP) is 2.27. The average Bonchev–Trinajstić information content (AvgIpc) is 2.28. The van der Waals surface area contributed by atoms with E-state index in [0.717, 1.165) is 4.47 Å². The fourth-order valence-electron chi connectivity index (χ4n) is 1.25. The first-order valence-electron chi connectivity index (χ1n) is 4.15. The summed E-state index contributed by atoms with van der Waals surface area (Å²) in [5.41, 5.74) is 1.71. The van der Waals surface area contributed by atoms with Crippen LogP contribution in [0, 0.1) is 11.3 Å². The summed E-state index contributed by atoms with van der Waals surface area (Å²) >= 11 is 3.29. The Balaban J connectivity index is 2.79. The van der Waals surface area contributed by atoms with Crippen molar-refractivity contribution < 1.29 is 4.74 Å². The number of rotatable bonds is 1. The molecule has 0 radical (unpaired) electrons. The van der Waals surface area contributed by atoms with Crippen molar-refractivity contribution in [2.75, 3.05) is 7.11 Å². The summed E-state index contributed by atoms with van der Waals surface area (Å²) in [5.74, 6) is 0.439. The predicted molar refractivity (Wildman–Crippen MR) is 58.5 cm³/mol. The van der Waals surface area contributed by atoms with Crippen LogP contribution in [-0.4, -0.2) is 17.1 Å². The number of ether oxygens (including phenoxy) is 1. The van der Waals surface area contributed by atoms with Gasteiger partial charge in [-0.3, -0.25) is 0 Å². The Morgan fingerprint density at radius 2 is 2.27 bits per heavy atom. The van der Waals surface area contributed by atoms with Crippen molar-refractivity contribution in [3.63, 3.8) is 0 Å². The zero-order valence-electron chi connectivity index (χ0n) is 7.86. The molecule has 0 amide bonds. The van der Waals surface area contributed by atoms with Crippen molar-refractivity contribution in [2.24, 2.45) is 0 Å². The van der Waals surface area contributed by atoms with Crippen molar-refractivity contribution in [1.29, 1.82) is 5.26 Å². The highest BCUT2D eigenvalue weighted by atomic mass is 79.9. The van der Waals surface area contributed by atoms with Crippen molar-refractivity contribution >= 4 is 27.0 Å². The highest BCUT2D eigenvalue weighted by molar-refractivity contribution is 9.10. The number of nitrogens with zero attached hydrogens (tertiary/aromatic N) is 3. The lowest BCUT2D eigenvalue weighted by Gasteiger charge is -2.02. The summed E-state index contributed by atoms with van der Waals surface area (Å²) in [6, 6.07) is 5.65. The second kappa shape index (κ2) is 3.83. The third-order valence-corrected chi connectivity index (χ3v) is 2.62. The fourth-order valence-corrected chi connectivity index (χ4v) is 1.66. The molecule has 15 heavy (non-hydrogen) atoms. The Kier molecular flexibility index (Phi) is 2.52. The van der Waals surface area contributed by atoms with Crippen LogP contribution in [0.4, 0.5) is 0 Å². The molecule has 2 rings (SSSR count). The van der Waals surface area contributed by atoms with Gasteiger partial charge in [-0.25, -0.2) is 9.97 Å². The van der Waals surface area contributed by atoms with Crippen molar-refractivity contribution in [2.45, 2.75) is 0 Å². The molecule has 0 fully saturated rings. The van der Waals surface area contributed by atoms with Crippen LogP contribution < -0.4 is 4.74 Å². The van der Waals surface area contributed by atoms with Gasteiger partial charge in [-0.2, -0.15) is 5.26 Å². The Morgan fingerprint density at radius 1 is 1.47 bits per heavy atom. The minimum Gasteiger partial charge on any atom is -0.480 e. The number of aromatic nitrogens is 2. The zero-order chi connectivity index (χ0) is 10.8. The molecule has 0 aliphatic rings. The van der Waals surface area contributed by atoms with E-state index in [-0.39, 0.29) is 0 Å². The Bertz CT molecular complexity index is 562. The summed E-state index contributed by atoms with van der Waals surface area (Å²) in [6.45, 7) is 0. The maximum Gasteiger partial charge on any atom is 0.232 e. The van der Waals surface area contributed by atoms with Crippen LogP contribution in [0.5, 0.6) is 5.88 Å². The van der Waals surface area contributed by atoms with E-state index in [9.17, 15) is 0 Å². The summed E-state index contributed by atoms with van der Waals surface area (Å²) in [7, 11) is 1.53. The molecule has 0 bridgehead atoms. The molecule has 0 saturated carbocycles. The molecule has 0 aliphatic heterocycles. The highest BCUT2D eigenvalue weighted by Gasteiger charge is 2.08. The van der Waals surface area contributed by atoms with Crippen LogP contribution >= 0.6 is 15.9 Å². The third-order valence-electron chi connectivity index (χ3n) is 1.96. The van der Waals surface area contributed by atoms with Crippen LogP contribution in [0.3, 0.4) is 0 Å². The number of benzene rings is 1. The monoisotopic (exact) mass is 263 g/mol. The minimum absolute atomic E-state index is 0.439. The quantitative estimate of drug-likeness (QED) is 0.792. The van der Waals surface area contributed by atoms with E-state index in [1.54, 1.807) is 12.1 Å². The van der Waals surface area contributed by atoms with Gasteiger partial charge in [0.2, 0.25) is 5.88 Å². The van der Waals surface area contributed by atoms with Crippen LogP contribution in [0.2, 0.25) is 0 Å².